The molecule has 1 saturated carbocycles. The molecule has 2 saturated heterocycles. The molecule has 0 radical (unpaired) electrons. The van der Waals surface area contributed by atoms with Gasteiger partial charge in [-0.15, -0.1) is 0 Å². The highest BCUT2D eigenvalue weighted by Crippen LogP contribution is 2.35. The van der Waals surface area contributed by atoms with E-state index in [1.165, 1.54) is 4.90 Å². The molecule has 1 aromatic carbocycles. The molecule has 1 aromatic rings. The highest BCUT2D eigenvalue weighted by atomic mass is 32.2. The van der Waals surface area contributed by atoms with Crippen LogP contribution < -0.4 is 5.32 Å². The SMILES string of the molecule is O=C1NC2(CCCC2)C(=O)N1CC(=O)N(Cc1ccccc1)C1CCS(=O)(=O)C1. The zero-order valence-electron chi connectivity index (χ0n) is 16.2. The minimum absolute atomic E-state index is 0.0441. The number of hydrogen-bond donors (Lipinski definition) is 1. The van der Waals surface area contributed by atoms with E-state index in [1.807, 2.05) is 30.3 Å². The van der Waals surface area contributed by atoms with Crippen LogP contribution in [0, 0.1) is 0 Å². The van der Waals surface area contributed by atoms with Crippen molar-refractivity contribution in [1.82, 2.24) is 15.1 Å². The van der Waals surface area contributed by atoms with Crippen LogP contribution in [0.5, 0.6) is 0 Å². The van der Waals surface area contributed by atoms with Gasteiger partial charge in [-0.1, -0.05) is 43.2 Å². The van der Waals surface area contributed by atoms with Crippen molar-refractivity contribution >= 4 is 27.7 Å². The monoisotopic (exact) mass is 419 g/mol. The molecule has 8 nitrogen and oxygen atoms in total. The first-order valence-corrected chi connectivity index (χ1v) is 11.8. The predicted octanol–water partition coefficient (Wildman–Crippen LogP) is 1.07. The predicted molar refractivity (Wildman–Crippen MR) is 105 cm³/mol. The van der Waals surface area contributed by atoms with E-state index in [9.17, 15) is 22.8 Å². The molecule has 29 heavy (non-hydrogen) atoms. The summed E-state index contributed by atoms with van der Waals surface area (Å²) in [7, 11) is -3.19. The van der Waals surface area contributed by atoms with Gasteiger partial charge in [-0.25, -0.2) is 13.2 Å². The summed E-state index contributed by atoms with van der Waals surface area (Å²) in [5, 5.41) is 2.78. The Kier molecular flexibility index (Phi) is 5.10. The van der Waals surface area contributed by atoms with E-state index in [1.54, 1.807) is 0 Å². The summed E-state index contributed by atoms with van der Waals surface area (Å²) in [4.78, 5) is 40.9. The van der Waals surface area contributed by atoms with E-state index in [0.29, 0.717) is 19.3 Å². The summed E-state index contributed by atoms with van der Waals surface area (Å²) in [6.07, 6.45) is 3.29. The molecule has 1 spiro atoms. The summed E-state index contributed by atoms with van der Waals surface area (Å²) in [6.45, 7) is -0.121. The zero-order chi connectivity index (χ0) is 20.6. The third-order valence-corrected chi connectivity index (χ3v) is 7.91. The van der Waals surface area contributed by atoms with Crippen LogP contribution in [0.25, 0.3) is 0 Å². The van der Waals surface area contributed by atoms with Gasteiger partial charge in [-0.05, 0) is 24.8 Å². The lowest BCUT2D eigenvalue weighted by atomic mass is 9.98. The van der Waals surface area contributed by atoms with Gasteiger partial charge in [0.1, 0.15) is 12.1 Å². The molecule has 3 aliphatic rings. The van der Waals surface area contributed by atoms with Crippen LogP contribution >= 0.6 is 0 Å². The van der Waals surface area contributed by atoms with Gasteiger partial charge in [0.05, 0.1) is 11.5 Å². The third kappa shape index (κ3) is 3.88. The summed E-state index contributed by atoms with van der Waals surface area (Å²) < 4.78 is 23.9. The average Bonchev–Trinajstić information content (AvgIpc) is 3.36. The Morgan fingerprint density at radius 3 is 2.48 bits per heavy atom. The number of sulfone groups is 1. The maximum atomic E-state index is 13.2. The van der Waals surface area contributed by atoms with Crippen LogP contribution in [0.4, 0.5) is 4.79 Å². The highest BCUT2D eigenvalue weighted by Gasteiger charge is 2.53. The number of nitrogens with zero attached hydrogens (tertiary/aromatic N) is 2. The van der Waals surface area contributed by atoms with Gasteiger partial charge in [0.25, 0.3) is 5.91 Å². The summed E-state index contributed by atoms with van der Waals surface area (Å²) in [5.41, 5.74) is 0.00723. The summed E-state index contributed by atoms with van der Waals surface area (Å²) in [5.74, 6) is -0.792. The van der Waals surface area contributed by atoms with E-state index in [0.717, 1.165) is 23.3 Å². The number of benzene rings is 1. The topological polar surface area (TPSA) is 104 Å². The van der Waals surface area contributed by atoms with Gasteiger partial charge < -0.3 is 10.2 Å². The Morgan fingerprint density at radius 1 is 1.17 bits per heavy atom. The van der Waals surface area contributed by atoms with Crippen LogP contribution in [0.15, 0.2) is 30.3 Å². The van der Waals surface area contributed by atoms with E-state index in [-0.39, 0.29) is 30.5 Å². The first-order chi connectivity index (χ1) is 13.8. The van der Waals surface area contributed by atoms with E-state index in [4.69, 9.17) is 0 Å². The van der Waals surface area contributed by atoms with Crippen molar-refractivity contribution in [3.63, 3.8) is 0 Å². The molecule has 0 bridgehead atoms. The number of amides is 4. The number of carbonyl (C=O) groups is 3. The fraction of sp³-hybridized carbons (Fsp3) is 0.550. The number of rotatable bonds is 5. The van der Waals surface area contributed by atoms with Crippen molar-refractivity contribution in [1.29, 1.82) is 0 Å². The first-order valence-electron chi connectivity index (χ1n) is 9.98. The zero-order valence-corrected chi connectivity index (χ0v) is 17.0. The molecule has 2 aliphatic heterocycles. The Labute approximate surface area is 170 Å². The minimum Gasteiger partial charge on any atom is -0.333 e. The lowest BCUT2D eigenvalue weighted by Crippen LogP contribution is -2.48. The molecule has 9 heteroatoms. The molecule has 1 unspecified atom stereocenters. The quantitative estimate of drug-likeness (QED) is 0.719. The second-order valence-electron chi connectivity index (χ2n) is 8.17. The molecule has 1 N–H and O–H groups in total. The van der Waals surface area contributed by atoms with Gasteiger partial charge in [-0.2, -0.15) is 0 Å². The van der Waals surface area contributed by atoms with Crippen molar-refractivity contribution in [2.75, 3.05) is 18.1 Å². The van der Waals surface area contributed by atoms with E-state index < -0.39 is 33.4 Å². The average molecular weight is 420 g/mol. The number of imide groups is 1. The molecule has 0 aromatic heterocycles. The number of hydrogen-bond acceptors (Lipinski definition) is 5. The lowest BCUT2D eigenvalue weighted by Gasteiger charge is -2.30. The van der Waals surface area contributed by atoms with Crippen LogP contribution in [0.3, 0.4) is 0 Å². The second kappa shape index (κ2) is 7.44. The molecule has 1 aliphatic carbocycles. The first kappa shape index (κ1) is 19.9. The van der Waals surface area contributed by atoms with E-state index >= 15 is 0 Å². The number of carbonyl (C=O) groups excluding carboxylic acids is 3. The number of urea groups is 1. The van der Waals surface area contributed by atoms with Gasteiger partial charge in [-0.3, -0.25) is 14.5 Å². The second-order valence-corrected chi connectivity index (χ2v) is 10.4. The Hall–Kier alpha value is -2.42. The molecule has 3 fully saturated rings. The Bertz CT molecular complexity index is 925. The van der Waals surface area contributed by atoms with E-state index in [2.05, 4.69) is 5.32 Å². The van der Waals surface area contributed by atoms with Crippen molar-refractivity contribution in [3.8, 4) is 0 Å². The summed E-state index contributed by atoms with van der Waals surface area (Å²) in [6, 6.07) is 8.31. The van der Waals surface area contributed by atoms with Gasteiger partial charge in [0.15, 0.2) is 9.84 Å². The van der Waals surface area contributed by atoms with Crippen molar-refractivity contribution in [2.45, 2.75) is 50.2 Å². The molecule has 4 rings (SSSR count). The normalized spacial score (nSPS) is 24.8. The van der Waals surface area contributed by atoms with Crippen LogP contribution in [0.1, 0.15) is 37.7 Å². The third-order valence-electron chi connectivity index (χ3n) is 6.16. The summed E-state index contributed by atoms with van der Waals surface area (Å²) >= 11 is 0. The molecule has 2 heterocycles. The largest absolute Gasteiger partial charge is 0.333 e. The smallest absolute Gasteiger partial charge is 0.325 e. The lowest BCUT2D eigenvalue weighted by molar-refractivity contribution is -0.140. The van der Waals surface area contributed by atoms with Crippen molar-refractivity contribution < 1.29 is 22.8 Å². The van der Waals surface area contributed by atoms with Gasteiger partial charge in [0.2, 0.25) is 5.91 Å². The molecule has 1 atom stereocenters. The molecular formula is C20H25N3O5S. The van der Waals surface area contributed by atoms with Gasteiger partial charge >= 0.3 is 6.03 Å². The minimum atomic E-state index is -3.19. The highest BCUT2D eigenvalue weighted by molar-refractivity contribution is 7.91. The maximum absolute atomic E-state index is 13.2. The van der Waals surface area contributed by atoms with Gasteiger partial charge in [0, 0.05) is 12.6 Å². The van der Waals surface area contributed by atoms with Crippen LogP contribution in [-0.4, -0.2) is 65.7 Å². The fourth-order valence-corrected chi connectivity index (χ4v) is 6.32. The van der Waals surface area contributed by atoms with Crippen molar-refractivity contribution in [3.05, 3.63) is 35.9 Å². The maximum Gasteiger partial charge on any atom is 0.325 e. The van der Waals surface area contributed by atoms with Crippen LogP contribution in [0.2, 0.25) is 0 Å². The van der Waals surface area contributed by atoms with Crippen LogP contribution in [-0.2, 0) is 26.0 Å². The Morgan fingerprint density at radius 2 is 1.86 bits per heavy atom. The van der Waals surface area contributed by atoms with Crippen molar-refractivity contribution in [2.24, 2.45) is 0 Å². The standard InChI is InChI=1S/C20H25N3O5S/c24-17(13-23-18(25)20(21-19(23)26)9-4-5-10-20)22(12-15-6-2-1-3-7-15)16-8-11-29(27,28)14-16/h1-3,6-7,16H,4-5,8-14H2,(H,21,26). The molecule has 156 valence electrons. The molecule has 4 amide bonds. The Balaban J connectivity index is 1.53. The number of nitrogens with one attached hydrogen (secondary N) is 1. The fourth-order valence-electron chi connectivity index (χ4n) is 4.59. The molecular weight excluding hydrogens is 394 g/mol.